The number of hydrogen-bond donors (Lipinski definition) is 1. The average molecular weight is 250 g/mol. The van der Waals surface area contributed by atoms with E-state index in [1.54, 1.807) is 10.9 Å². The smallest absolute Gasteiger partial charge is 0.0692 e. The van der Waals surface area contributed by atoms with Gasteiger partial charge in [-0.3, -0.25) is 4.68 Å². The molecule has 0 aliphatic carbocycles. The standard InChI is InChI=1S/C13H22N4O/c1-2-3-4-5-10-18-11-6-7-13(14)12-17-9-8-15-16-17/h8-9,13H,4-7,10-12,14H2,1H3. The van der Waals surface area contributed by atoms with Crippen LogP contribution < -0.4 is 5.73 Å². The van der Waals surface area contributed by atoms with Crippen molar-refractivity contribution in [1.29, 1.82) is 0 Å². The number of rotatable bonds is 9. The molecule has 1 atom stereocenters. The van der Waals surface area contributed by atoms with E-state index in [9.17, 15) is 0 Å². The van der Waals surface area contributed by atoms with Crippen LogP contribution in [0.1, 0.15) is 32.6 Å². The van der Waals surface area contributed by atoms with Gasteiger partial charge in [-0.05, 0) is 26.2 Å². The van der Waals surface area contributed by atoms with Crippen molar-refractivity contribution in [2.24, 2.45) is 5.73 Å². The van der Waals surface area contributed by atoms with Crippen molar-refractivity contribution in [3.8, 4) is 11.8 Å². The Bertz CT molecular complexity index is 353. The molecule has 1 heterocycles. The van der Waals surface area contributed by atoms with Gasteiger partial charge in [0, 0.05) is 31.9 Å². The second-order valence-electron chi connectivity index (χ2n) is 4.17. The molecule has 1 unspecified atom stereocenters. The van der Waals surface area contributed by atoms with Crippen molar-refractivity contribution in [1.82, 2.24) is 15.0 Å². The molecule has 0 saturated heterocycles. The summed E-state index contributed by atoms with van der Waals surface area (Å²) in [5.74, 6) is 5.89. The summed E-state index contributed by atoms with van der Waals surface area (Å²) < 4.78 is 7.27. The molecule has 1 aromatic heterocycles. The first-order valence-corrected chi connectivity index (χ1v) is 6.40. The Hall–Kier alpha value is -1.38. The van der Waals surface area contributed by atoms with Crippen LogP contribution in [0.15, 0.2) is 12.4 Å². The summed E-state index contributed by atoms with van der Waals surface area (Å²) in [5, 5.41) is 7.63. The van der Waals surface area contributed by atoms with Gasteiger partial charge in [-0.1, -0.05) is 5.21 Å². The number of ether oxygens (including phenoxy) is 1. The van der Waals surface area contributed by atoms with Crippen LogP contribution in [0.2, 0.25) is 0 Å². The minimum absolute atomic E-state index is 0.112. The molecule has 1 rings (SSSR count). The second kappa shape index (κ2) is 9.63. The fourth-order valence-corrected chi connectivity index (χ4v) is 1.60. The van der Waals surface area contributed by atoms with E-state index in [1.165, 1.54) is 0 Å². The number of unbranched alkanes of at least 4 members (excludes halogenated alkanes) is 1. The fraction of sp³-hybridized carbons (Fsp3) is 0.692. The van der Waals surface area contributed by atoms with Crippen LogP contribution in [-0.4, -0.2) is 34.2 Å². The van der Waals surface area contributed by atoms with Crippen molar-refractivity contribution in [3.63, 3.8) is 0 Å². The number of hydrogen-bond acceptors (Lipinski definition) is 4. The van der Waals surface area contributed by atoms with Crippen molar-refractivity contribution in [2.45, 2.75) is 45.2 Å². The highest BCUT2D eigenvalue weighted by molar-refractivity contribution is 4.94. The van der Waals surface area contributed by atoms with Gasteiger partial charge in [0.2, 0.25) is 0 Å². The Balaban J connectivity index is 1.92. The molecule has 0 fully saturated rings. The first kappa shape index (κ1) is 14.7. The largest absolute Gasteiger partial charge is 0.381 e. The molecule has 2 N–H and O–H groups in total. The van der Waals surface area contributed by atoms with E-state index in [1.807, 2.05) is 13.1 Å². The Kier molecular flexibility index (Phi) is 7.85. The van der Waals surface area contributed by atoms with Gasteiger partial charge in [-0.25, -0.2) is 0 Å². The Morgan fingerprint density at radius 2 is 2.22 bits per heavy atom. The molecule has 100 valence electrons. The highest BCUT2D eigenvalue weighted by Gasteiger charge is 2.03. The van der Waals surface area contributed by atoms with E-state index in [0.717, 1.165) is 38.9 Å². The third-order valence-corrected chi connectivity index (χ3v) is 2.52. The van der Waals surface area contributed by atoms with Gasteiger partial charge in [0.05, 0.1) is 12.7 Å². The van der Waals surface area contributed by atoms with E-state index in [0.29, 0.717) is 6.54 Å². The van der Waals surface area contributed by atoms with Crippen molar-refractivity contribution >= 4 is 0 Å². The van der Waals surface area contributed by atoms with Crippen molar-refractivity contribution in [3.05, 3.63) is 12.4 Å². The van der Waals surface area contributed by atoms with Crippen molar-refractivity contribution < 1.29 is 4.74 Å². The molecule has 0 amide bonds. The van der Waals surface area contributed by atoms with Crippen LogP contribution in [0.5, 0.6) is 0 Å². The molecule has 5 nitrogen and oxygen atoms in total. The van der Waals surface area contributed by atoms with Crippen LogP contribution in [0, 0.1) is 11.8 Å². The molecular formula is C13H22N4O. The predicted molar refractivity (Wildman–Crippen MR) is 70.7 cm³/mol. The topological polar surface area (TPSA) is 66.0 Å². The molecule has 0 spiro atoms. The summed E-state index contributed by atoms with van der Waals surface area (Å²) in [4.78, 5) is 0. The van der Waals surface area contributed by atoms with Crippen molar-refractivity contribution in [2.75, 3.05) is 13.2 Å². The third-order valence-electron chi connectivity index (χ3n) is 2.52. The molecule has 18 heavy (non-hydrogen) atoms. The maximum Gasteiger partial charge on any atom is 0.0692 e. The lowest BCUT2D eigenvalue weighted by atomic mass is 10.2. The summed E-state index contributed by atoms with van der Waals surface area (Å²) in [6, 6.07) is 0.112. The summed E-state index contributed by atoms with van der Waals surface area (Å²) in [5.41, 5.74) is 5.98. The summed E-state index contributed by atoms with van der Waals surface area (Å²) in [7, 11) is 0. The lowest BCUT2D eigenvalue weighted by molar-refractivity contribution is 0.127. The molecule has 1 aromatic rings. The van der Waals surface area contributed by atoms with E-state index >= 15 is 0 Å². The van der Waals surface area contributed by atoms with E-state index in [-0.39, 0.29) is 6.04 Å². The maximum atomic E-state index is 5.98. The van der Waals surface area contributed by atoms with Gasteiger partial charge >= 0.3 is 0 Å². The van der Waals surface area contributed by atoms with Gasteiger partial charge < -0.3 is 10.5 Å². The molecule has 0 aromatic carbocycles. The third kappa shape index (κ3) is 7.05. The quantitative estimate of drug-likeness (QED) is 0.528. The summed E-state index contributed by atoms with van der Waals surface area (Å²) in [6.45, 7) is 4.13. The SMILES string of the molecule is CC#CCCCOCCCC(N)Cn1ccnn1. The Labute approximate surface area is 109 Å². The predicted octanol–water partition coefficient (Wildman–Crippen LogP) is 1.21. The summed E-state index contributed by atoms with van der Waals surface area (Å²) >= 11 is 0. The van der Waals surface area contributed by atoms with Crippen LogP contribution in [0.25, 0.3) is 0 Å². The first-order chi connectivity index (χ1) is 8.83. The Morgan fingerprint density at radius 1 is 1.39 bits per heavy atom. The van der Waals surface area contributed by atoms with Gasteiger partial charge in [0.15, 0.2) is 0 Å². The van der Waals surface area contributed by atoms with Gasteiger partial charge in [0.25, 0.3) is 0 Å². The van der Waals surface area contributed by atoms with Crippen LogP contribution in [0.4, 0.5) is 0 Å². The molecule has 0 radical (unpaired) electrons. The van der Waals surface area contributed by atoms with Crippen LogP contribution >= 0.6 is 0 Å². The molecule has 0 saturated carbocycles. The highest BCUT2D eigenvalue weighted by atomic mass is 16.5. The van der Waals surface area contributed by atoms with E-state index < -0.39 is 0 Å². The highest BCUT2D eigenvalue weighted by Crippen LogP contribution is 1.99. The average Bonchev–Trinajstić information content (AvgIpc) is 2.85. The number of aromatic nitrogens is 3. The lowest BCUT2D eigenvalue weighted by Gasteiger charge is -2.11. The maximum absolute atomic E-state index is 5.98. The Morgan fingerprint density at radius 3 is 2.94 bits per heavy atom. The second-order valence-corrected chi connectivity index (χ2v) is 4.17. The zero-order valence-electron chi connectivity index (χ0n) is 11.0. The van der Waals surface area contributed by atoms with E-state index in [4.69, 9.17) is 10.5 Å². The minimum atomic E-state index is 0.112. The molecule has 0 aliphatic heterocycles. The first-order valence-electron chi connectivity index (χ1n) is 6.40. The van der Waals surface area contributed by atoms with Gasteiger partial charge in [0.1, 0.15) is 0 Å². The van der Waals surface area contributed by atoms with Crippen LogP contribution in [0.3, 0.4) is 0 Å². The normalized spacial score (nSPS) is 11.9. The zero-order chi connectivity index (χ0) is 13.1. The molecule has 5 heteroatoms. The van der Waals surface area contributed by atoms with Gasteiger partial charge in [-0.2, -0.15) is 0 Å². The van der Waals surface area contributed by atoms with Gasteiger partial charge in [-0.15, -0.1) is 16.9 Å². The number of nitrogens with two attached hydrogens (primary N) is 1. The molecular weight excluding hydrogens is 228 g/mol. The lowest BCUT2D eigenvalue weighted by Crippen LogP contribution is -2.26. The van der Waals surface area contributed by atoms with Crippen LogP contribution in [-0.2, 0) is 11.3 Å². The molecule has 0 bridgehead atoms. The minimum Gasteiger partial charge on any atom is -0.381 e. The molecule has 0 aliphatic rings. The van der Waals surface area contributed by atoms with E-state index in [2.05, 4.69) is 22.2 Å². The zero-order valence-corrected chi connectivity index (χ0v) is 11.0. The fourth-order valence-electron chi connectivity index (χ4n) is 1.60. The monoisotopic (exact) mass is 250 g/mol. The summed E-state index contributed by atoms with van der Waals surface area (Å²) in [6.07, 6.45) is 7.33. The number of nitrogens with zero attached hydrogens (tertiary/aromatic N) is 3.